The van der Waals surface area contributed by atoms with E-state index in [-0.39, 0.29) is 5.91 Å². The van der Waals surface area contributed by atoms with Crippen molar-refractivity contribution in [1.82, 2.24) is 20.3 Å². The van der Waals surface area contributed by atoms with Gasteiger partial charge in [-0.25, -0.2) is 4.68 Å². The van der Waals surface area contributed by atoms with Crippen LogP contribution in [-0.4, -0.2) is 33.1 Å². The molecule has 0 unspecified atom stereocenters. The van der Waals surface area contributed by atoms with E-state index in [1.165, 1.54) is 0 Å². The minimum absolute atomic E-state index is 0.00759. The highest BCUT2D eigenvalue weighted by Crippen LogP contribution is 2.37. The van der Waals surface area contributed by atoms with Crippen LogP contribution in [0.15, 0.2) is 34.5 Å². The van der Waals surface area contributed by atoms with Crippen LogP contribution in [0.1, 0.15) is 25.7 Å². The van der Waals surface area contributed by atoms with Crippen LogP contribution >= 0.6 is 0 Å². The van der Waals surface area contributed by atoms with Gasteiger partial charge in [0.05, 0.1) is 12.1 Å². The predicted molar refractivity (Wildman–Crippen MR) is 85.4 cm³/mol. The van der Waals surface area contributed by atoms with E-state index in [2.05, 4.69) is 31.8 Å². The number of benzene rings is 1. The Morgan fingerprint density at radius 3 is 2.91 bits per heavy atom. The molecule has 0 aliphatic carbocycles. The van der Waals surface area contributed by atoms with E-state index in [4.69, 9.17) is 6.42 Å². The molecule has 0 spiro atoms. The quantitative estimate of drug-likeness (QED) is 0.756. The normalized spacial score (nSPS) is 14.6. The summed E-state index contributed by atoms with van der Waals surface area (Å²) in [7, 11) is 0. The molecule has 0 saturated carbocycles. The molecule has 1 aromatic carbocycles. The summed E-state index contributed by atoms with van der Waals surface area (Å²) in [6, 6.07) is 7.74. The molecule has 118 valence electrons. The van der Waals surface area contributed by atoms with Crippen molar-refractivity contribution in [2.45, 2.75) is 37.9 Å². The lowest BCUT2D eigenvalue weighted by Gasteiger charge is -2.09. The van der Waals surface area contributed by atoms with E-state index in [0.717, 1.165) is 17.5 Å². The van der Waals surface area contributed by atoms with Gasteiger partial charge in [-0.15, -0.1) is 17.4 Å². The SMILES string of the molecule is C#CCCC1(CCC(=O)NCCn2nnc3ccccc32)N=N1. The zero-order valence-corrected chi connectivity index (χ0v) is 12.8. The van der Waals surface area contributed by atoms with Crippen molar-refractivity contribution < 1.29 is 4.79 Å². The fourth-order valence-electron chi connectivity index (χ4n) is 2.45. The molecular formula is C16H18N6O. The molecule has 0 radical (unpaired) electrons. The highest BCUT2D eigenvalue weighted by molar-refractivity contribution is 5.76. The highest BCUT2D eigenvalue weighted by atomic mass is 16.1. The molecule has 0 atom stereocenters. The standard InChI is InChI=1S/C16H18N6O/c1-2-3-9-16(19-20-16)10-8-15(23)17-11-12-22-14-7-5-4-6-13(14)18-21-22/h1,4-7H,3,8-12H2,(H,17,23). The van der Waals surface area contributed by atoms with Crippen LogP contribution in [0.25, 0.3) is 11.0 Å². The molecule has 1 aliphatic rings. The number of nitrogens with one attached hydrogen (secondary N) is 1. The molecule has 2 aromatic rings. The maximum atomic E-state index is 11.9. The number of carbonyl (C=O) groups is 1. The Balaban J connectivity index is 1.41. The number of terminal acetylenes is 1. The van der Waals surface area contributed by atoms with Crippen LogP contribution in [0.5, 0.6) is 0 Å². The van der Waals surface area contributed by atoms with Gasteiger partial charge in [0.25, 0.3) is 0 Å². The second kappa shape index (κ2) is 6.57. The second-order valence-electron chi connectivity index (χ2n) is 5.54. The van der Waals surface area contributed by atoms with Gasteiger partial charge in [0.2, 0.25) is 5.91 Å². The van der Waals surface area contributed by atoms with Crippen LogP contribution < -0.4 is 5.32 Å². The fraction of sp³-hybridized carbons (Fsp3) is 0.438. The number of fused-ring (bicyclic) bond motifs is 1. The Bertz CT molecular complexity index is 766. The van der Waals surface area contributed by atoms with Gasteiger partial charge in [-0.2, -0.15) is 10.2 Å². The van der Waals surface area contributed by atoms with Gasteiger partial charge in [-0.05, 0) is 12.1 Å². The first-order valence-corrected chi connectivity index (χ1v) is 7.65. The highest BCUT2D eigenvalue weighted by Gasteiger charge is 2.39. The molecule has 1 amide bonds. The minimum Gasteiger partial charge on any atom is -0.354 e. The maximum Gasteiger partial charge on any atom is 0.220 e. The third-order valence-electron chi connectivity index (χ3n) is 3.87. The monoisotopic (exact) mass is 310 g/mol. The largest absolute Gasteiger partial charge is 0.354 e. The summed E-state index contributed by atoms with van der Waals surface area (Å²) in [6.45, 7) is 1.10. The third-order valence-corrected chi connectivity index (χ3v) is 3.87. The van der Waals surface area contributed by atoms with Crippen LogP contribution in [0, 0.1) is 12.3 Å². The lowest BCUT2D eigenvalue weighted by molar-refractivity contribution is -0.121. The third kappa shape index (κ3) is 3.72. The molecule has 3 rings (SSSR count). The number of aromatic nitrogens is 3. The van der Waals surface area contributed by atoms with Crippen molar-refractivity contribution in [3.05, 3.63) is 24.3 Å². The molecule has 1 aromatic heterocycles. The number of para-hydroxylation sites is 1. The first kappa shape index (κ1) is 15.2. The van der Waals surface area contributed by atoms with Crippen molar-refractivity contribution in [2.24, 2.45) is 10.2 Å². The fourth-order valence-corrected chi connectivity index (χ4v) is 2.45. The van der Waals surface area contributed by atoms with E-state index in [0.29, 0.717) is 32.4 Å². The molecule has 7 nitrogen and oxygen atoms in total. The van der Waals surface area contributed by atoms with E-state index in [1.807, 2.05) is 24.3 Å². The average molecular weight is 310 g/mol. The second-order valence-corrected chi connectivity index (χ2v) is 5.54. The van der Waals surface area contributed by atoms with Crippen molar-refractivity contribution in [3.63, 3.8) is 0 Å². The molecular weight excluding hydrogens is 292 g/mol. The van der Waals surface area contributed by atoms with Crippen LogP contribution in [0.4, 0.5) is 0 Å². The Hall–Kier alpha value is -2.75. The number of nitrogens with zero attached hydrogens (tertiary/aromatic N) is 5. The van der Waals surface area contributed by atoms with Crippen LogP contribution in [0.3, 0.4) is 0 Å². The molecule has 1 N–H and O–H groups in total. The number of hydrogen-bond acceptors (Lipinski definition) is 5. The Morgan fingerprint density at radius 2 is 2.13 bits per heavy atom. The van der Waals surface area contributed by atoms with Gasteiger partial charge in [0.15, 0.2) is 5.66 Å². The van der Waals surface area contributed by atoms with Crippen molar-refractivity contribution in [2.75, 3.05) is 6.54 Å². The minimum atomic E-state index is -0.397. The Morgan fingerprint density at radius 1 is 1.30 bits per heavy atom. The molecule has 0 saturated heterocycles. The Kier molecular flexibility index (Phi) is 4.33. The summed E-state index contributed by atoms with van der Waals surface area (Å²) in [5, 5.41) is 19.1. The van der Waals surface area contributed by atoms with Gasteiger partial charge in [0.1, 0.15) is 5.52 Å². The van der Waals surface area contributed by atoms with E-state index in [9.17, 15) is 4.79 Å². The molecule has 7 heteroatoms. The summed E-state index contributed by atoms with van der Waals surface area (Å²) < 4.78 is 1.79. The molecule has 0 bridgehead atoms. The van der Waals surface area contributed by atoms with Gasteiger partial charge in [-0.1, -0.05) is 17.3 Å². The lowest BCUT2D eigenvalue weighted by Crippen LogP contribution is -2.28. The first-order valence-electron chi connectivity index (χ1n) is 7.65. The zero-order chi connectivity index (χ0) is 16.1. The summed E-state index contributed by atoms with van der Waals surface area (Å²) in [4.78, 5) is 11.9. The van der Waals surface area contributed by atoms with E-state index < -0.39 is 5.66 Å². The lowest BCUT2D eigenvalue weighted by atomic mass is 10.0. The van der Waals surface area contributed by atoms with Gasteiger partial charge >= 0.3 is 0 Å². The topological polar surface area (TPSA) is 84.5 Å². The smallest absolute Gasteiger partial charge is 0.220 e. The summed E-state index contributed by atoms with van der Waals surface area (Å²) in [6.07, 6.45) is 7.62. The molecule has 1 aliphatic heterocycles. The van der Waals surface area contributed by atoms with Crippen LogP contribution in [0.2, 0.25) is 0 Å². The van der Waals surface area contributed by atoms with Crippen LogP contribution in [-0.2, 0) is 11.3 Å². The zero-order valence-electron chi connectivity index (χ0n) is 12.8. The summed E-state index contributed by atoms with van der Waals surface area (Å²) in [5.74, 6) is 2.57. The molecule has 0 fully saturated rings. The Labute approximate surface area is 134 Å². The van der Waals surface area contributed by atoms with Crippen molar-refractivity contribution in [1.29, 1.82) is 0 Å². The first-order chi connectivity index (χ1) is 11.2. The average Bonchev–Trinajstić information content (AvgIpc) is 3.24. The number of carbonyl (C=O) groups excluding carboxylic acids is 1. The molecule has 2 heterocycles. The maximum absolute atomic E-state index is 11.9. The van der Waals surface area contributed by atoms with Gasteiger partial charge < -0.3 is 5.32 Å². The number of rotatable bonds is 8. The van der Waals surface area contributed by atoms with E-state index >= 15 is 0 Å². The number of hydrogen-bond donors (Lipinski definition) is 1. The van der Waals surface area contributed by atoms with Crippen molar-refractivity contribution in [3.8, 4) is 12.3 Å². The van der Waals surface area contributed by atoms with Gasteiger partial charge in [0, 0.05) is 32.2 Å². The number of amides is 1. The summed E-state index contributed by atoms with van der Waals surface area (Å²) >= 11 is 0. The van der Waals surface area contributed by atoms with Crippen molar-refractivity contribution >= 4 is 16.9 Å². The van der Waals surface area contributed by atoms with E-state index in [1.54, 1.807) is 4.68 Å². The van der Waals surface area contributed by atoms with Gasteiger partial charge in [-0.3, -0.25) is 4.79 Å². The molecule has 23 heavy (non-hydrogen) atoms. The summed E-state index contributed by atoms with van der Waals surface area (Å²) in [5.41, 5.74) is 1.42. The predicted octanol–water partition coefficient (Wildman–Crippen LogP) is 1.90.